The highest BCUT2D eigenvalue weighted by molar-refractivity contribution is 9.10. The monoisotopic (exact) mass is 588 g/mol. The zero-order chi connectivity index (χ0) is 27.4. The summed E-state index contributed by atoms with van der Waals surface area (Å²) in [5, 5.41) is 19.7. The molecule has 7 rings (SSSR count). The average molecular weight is 589 g/mol. The number of amidine groups is 2. The van der Waals surface area contributed by atoms with E-state index in [4.69, 9.17) is 15.1 Å². The molecule has 0 fully saturated rings. The van der Waals surface area contributed by atoms with Crippen LogP contribution in [0.25, 0.3) is 5.69 Å². The van der Waals surface area contributed by atoms with Crippen molar-refractivity contribution >= 4 is 50.5 Å². The molecule has 0 bridgehead atoms. The molecule has 0 aliphatic carbocycles. The van der Waals surface area contributed by atoms with Crippen LogP contribution in [0.5, 0.6) is 5.75 Å². The Balaban J connectivity index is 1.52. The fourth-order valence-electron chi connectivity index (χ4n) is 5.36. The van der Waals surface area contributed by atoms with E-state index in [0.717, 1.165) is 44.0 Å². The first-order chi connectivity index (χ1) is 19.5. The van der Waals surface area contributed by atoms with Crippen molar-refractivity contribution in [3.8, 4) is 11.4 Å². The van der Waals surface area contributed by atoms with Crippen LogP contribution in [0.1, 0.15) is 28.4 Å². The van der Waals surface area contributed by atoms with E-state index >= 15 is 0 Å². The van der Waals surface area contributed by atoms with Crippen molar-refractivity contribution in [1.82, 2.24) is 9.78 Å². The van der Waals surface area contributed by atoms with Gasteiger partial charge >= 0.3 is 0 Å². The number of fused-ring (bicyclic) bond motifs is 4. The van der Waals surface area contributed by atoms with Crippen LogP contribution in [-0.2, 0) is 0 Å². The molecular formula is C32H25BrN6O. The van der Waals surface area contributed by atoms with Crippen LogP contribution in [0.3, 0.4) is 0 Å². The number of aromatic hydroxyl groups is 1. The quantitative estimate of drug-likeness (QED) is 0.226. The molecule has 8 heteroatoms. The Morgan fingerprint density at radius 3 is 2.40 bits per heavy atom. The maximum Gasteiger partial charge on any atom is 0.179 e. The van der Waals surface area contributed by atoms with Gasteiger partial charge in [0.05, 0.1) is 28.8 Å². The number of phenols is 1. The fraction of sp³-hybridized carbons (Fsp3) is 0.0938. The summed E-state index contributed by atoms with van der Waals surface area (Å²) in [4.78, 5) is 12.4. The number of rotatable bonds is 3. The summed E-state index contributed by atoms with van der Waals surface area (Å²) in [6.07, 6.45) is 0. The van der Waals surface area contributed by atoms with Gasteiger partial charge in [-0.3, -0.25) is 0 Å². The number of nitrogens with one attached hydrogen (secondary N) is 1. The minimum atomic E-state index is -0.413. The predicted octanol–water partition coefficient (Wildman–Crippen LogP) is 7.75. The largest absolute Gasteiger partial charge is 0.508 e. The summed E-state index contributed by atoms with van der Waals surface area (Å²) in [5.74, 6) is 2.16. The summed E-state index contributed by atoms with van der Waals surface area (Å²) in [7, 11) is 0. The number of aryl methyl sites for hydroxylation is 2. The number of hydrogen-bond donors (Lipinski definition) is 2. The Morgan fingerprint density at radius 2 is 1.60 bits per heavy atom. The van der Waals surface area contributed by atoms with Gasteiger partial charge in [0.25, 0.3) is 0 Å². The number of hydrogen-bond acceptors (Lipinski definition) is 6. The molecule has 0 amide bonds. The normalized spacial score (nSPS) is 15.5. The van der Waals surface area contributed by atoms with E-state index in [9.17, 15) is 5.11 Å². The third-order valence-electron chi connectivity index (χ3n) is 7.24. The molecule has 2 aliphatic heterocycles. The van der Waals surface area contributed by atoms with Crippen molar-refractivity contribution in [1.29, 1.82) is 0 Å². The van der Waals surface area contributed by atoms with Crippen molar-refractivity contribution in [3.63, 3.8) is 0 Å². The summed E-state index contributed by atoms with van der Waals surface area (Å²) in [5.41, 5.74) is 7.20. The molecule has 0 spiro atoms. The van der Waals surface area contributed by atoms with Gasteiger partial charge < -0.3 is 15.3 Å². The van der Waals surface area contributed by atoms with Gasteiger partial charge in [-0.1, -0.05) is 64.0 Å². The maximum atomic E-state index is 11.2. The second-order valence-corrected chi connectivity index (χ2v) is 10.8. The highest BCUT2D eigenvalue weighted by Crippen LogP contribution is 2.50. The highest BCUT2D eigenvalue weighted by atomic mass is 79.9. The van der Waals surface area contributed by atoms with E-state index in [0.29, 0.717) is 17.5 Å². The molecule has 1 atom stereocenters. The van der Waals surface area contributed by atoms with Crippen LogP contribution < -0.4 is 10.2 Å². The molecule has 3 heterocycles. The summed E-state index contributed by atoms with van der Waals surface area (Å²) in [6, 6.07) is 31.3. The number of halogens is 1. The van der Waals surface area contributed by atoms with E-state index in [1.54, 1.807) is 6.07 Å². The van der Waals surface area contributed by atoms with E-state index < -0.39 is 6.04 Å². The molecule has 0 saturated heterocycles. The highest BCUT2D eigenvalue weighted by Gasteiger charge is 2.42. The van der Waals surface area contributed by atoms with Gasteiger partial charge in [-0.25, -0.2) is 14.7 Å². The number of anilines is 2. The summed E-state index contributed by atoms with van der Waals surface area (Å²) >= 11 is 3.63. The Hall–Kier alpha value is -4.69. The Kier molecular flexibility index (Phi) is 5.78. The first kappa shape index (κ1) is 24.4. The van der Waals surface area contributed by atoms with Gasteiger partial charge in [-0.15, -0.1) is 0 Å². The van der Waals surface area contributed by atoms with Crippen molar-refractivity contribution < 1.29 is 5.11 Å². The Morgan fingerprint density at radius 1 is 0.850 bits per heavy atom. The van der Waals surface area contributed by atoms with E-state index in [2.05, 4.69) is 45.2 Å². The van der Waals surface area contributed by atoms with Crippen molar-refractivity contribution in [3.05, 3.63) is 124 Å². The number of aromatic nitrogens is 2. The maximum absolute atomic E-state index is 11.2. The second-order valence-electron chi connectivity index (χ2n) is 9.92. The van der Waals surface area contributed by atoms with E-state index in [-0.39, 0.29) is 5.75 Å². The SMILES string of the molecule is Cc1ccc(NC2=Nc3ccccc3N3C2=Nc2c(c(C)nn2-c2ccccc2)[C@@H]3c2cc(Br)ccc2O)cc1. The Labute approximate surface area is 240 Å². The molecule has 4 aromatic carbocycles. The minimum absolute atomic E-state index is 0.195. The first-order valence-electron chi connectivity index (χ1n) is 13.0. The third kappa shape index (κ3) is 3.99. The zero-order valence-electron chi connectivity index (χ0n) is 21.9. The standard InChI is InChI=1S/C32H25BrN6O/c1-19-12-15-22(16-13-19)34-30-32-36-31-28(20(2)37-39(31)23-8-4-3-5-9-23)29(24-18-21(33)14-17-27(24)40)38(32)26-11-7-6-10-25(26)35-30/h3-18,29,40H,1-2H3,(H,34,35)/t29-/m0/s1. The van der Waals surface area contributed by atoms with Crippen molar-refractivity contribution in [2.75, 3.05) is 10.2 Å². The predicted molar refractivity (Wildman–Crippen MR) is 164 cm³/mol. The molecule has 0 radical (unpaired) electrons. The van der Waals surface area contributed by atoms with Crippen molar-refractivity contribution in [2.24, 2.45) is 9.98 Å². The van der Waals surface area contributed by atoms with Crippen LogP contribution in [0.2, 0.25) is 0 Å². The summed E-state index contributed by atoms with van der Waals surface area (Å²) in [6.45, 7) is 4.06. The van der Waals surface area contributed by atoms with Crippen LogP contribution in [0, 0.1) is 13.8 Å². The molecule has 2 N–H and O–H groups in total. The van der Waals surface area contributed by atoms with Gasteiger partial charge in [-0.05, 0) is 68.4 Å². The van der Waals surface area contributed by atoms with Crippen LogP contribution in [-0.4, -0.2) is 26.6 Å². The molecule has 0 saturated carbocycles. The topological polar surface area (TPSA) is 78.0 Å². The Bertz CT molecular complexity index is 1820. The number of aliphatic imine (C=N–C) groups is 2. The zero-order valence-corrected chi connectivity index (χ0v) is 23.5. The third-order valence-corrected chi connectivity index (χ3v) is 7.73. The van der Waals surface area contributed by atoms with E-state index in [1.165, 1.54) is 5.56 Å². The number of phenolic OH excluding ortho intramolecular Hbond substituents is 1. The fourth-order valence-corrected chi connectivity index (χ4v) is 5.74. The smallest absolute Gasteiger partial charge is 0.179 e. The summed E-state index contributed by atoms with van der Waals surface area (Å²) < 4.78 is 2.75. The molecule has 196 valence electrons. The van der Waals surface area contributed by atoms with Gasteiger partial charge in [0.1, 0.15) is 5.75 Å². The lowest BCUT2D eigenvalue weighted by Gasteiger charge is -2.40. The van der Waals surface area contributed by atoms with Crippen LogP contribution in [0.15, 0.2) is 112 Å². The molecular weight excluding hydrogens is 564 g/mol. The molecule has 7 nitrogen and oxygen atoms in total. The van der Waals surface area contributed by atoms with Gasteiger partial charge in [0, 0.05) is 21.3 Å². The number of nitrogens with zero attached hydrogens (tertiary/aromatic N) is 5. The number of benzene rings is 4. The lowest BCUT2D eigenvalue weighted by atomic mass is 9.92. The van der Waals surface area contributed by atoms with Crippen LogP contribution in [0.4, 0.5) is 22.9 Å². The first-order valence-corrected chi connectivity index (χ1v) is 13.8. The second kappa shape index (κ2) is 9.50. The lowest BCUT2D eigenvalue weighted by Crippen LogP contribution is -2.46. The molecule has 2 aliphatic rings. The number of para-hydroxylation sites is 3. The minimum Gasteiger partial charge on any atom is -0.508 e. The average Bonchev–Trinajstić information content (AvgIpc) is 3.31. The van der Waals surface area contributed by atoms with Gasteiger partial charge in [-0.2, -0.15) is 5.10 Å². The lowest BCUT2D eigenvalue weighted by molar-refractivity contribution is 0.465. The van der Waals surface area contributed by atoms with Crippen LogP contribution >= 0.6 is 15.9 Å². The van der Waals surface area contributed by atoms with Gasteiger partial charge in [0.15, 0.2) is 17.5 Å². The molecule has 40 heavy (non-hydrogen) atoms. The van der Waals surface area contributed by atoms with Crippen molar-refractivity contribution in [2.45, 2.75) is 19.9 Å². The molecule has 5 aromatic rings. The molecule has 0 unspecified atom stereocenters. The van der Waals surface area contributed by atoms with Gasteiger partial charge in [0.2, 0.25) is 0 Å². The molecule has 1 aromatic heterocycles. The van der Waals surface area contributed by atoms with E-state index in [1.807, 2.05) is 90.5 Å².